The Morgan fingerprint density at radius 1 is 1.25 bits per heavy atom. The molecule has 0 unspecified atom stereocenters. The van der Waals surface area contributed by atoms with Crippen molar-refractivity contribution in [2.45, 2.75) is 13.8 Å². The van der Waals surface area contributed by atoms with Gasteiger partial charge >= 0.3 is 0 Å². The Bertz CT molecular complexity index is 326. The predicted molar refractivity (Wildman–Crippen MR) is 67.1 cm³/mol. The third-order valence-electron chi connectivity index (χ3n) is 2.57. The average molecular weight is 223 g/mol. The van der Waals surface area contributed by atoms with E-state index < -0.39 is 0 Å². The molecule has 0 aliphatic rings. The van der Waals surface area contributed by atoms with Crippen LogP contribution in [0.3, 0.4) is 0 Å². The third kappa shape index (κ3) is 3.83. The Balaban J connectivity index is 2.49. The smallest absolute Gasteiger partial charge is 0.0698 e. The number of hydrogen-bond acceptors (Lipinski definition) is 3. The second-order valence-electron chi connectivity index (χ2n) is 4.05. The molecule has 16 heavy (non-hydrogen) atoms. The fourth-order valence-corrected chi connectivity index (χ4v) is 1.72. The minimum atomic E-state index is 0.0905. The van der Waals surface area contributed by atoms with Crippen LogP contribution in [-0.2, 0) is 4.74 Å². The Hall–Kier alpha value is -1.06. The molecule has 0 spiro atoms. The van der Waals surface area contributed by atoms with E-state index in [9.17, 15) is 0 Å². The number of nitrogens with zero attached hydrogens (tertiary/aromatic N) is 1. The van der Waals surface area contributed by atoms with Crippen LogP contribution in [0.15, 0.2) is 18.2 Å². The van der Waals surface area contributed by atoms with Gasteiger partial charge in [0.1, 0.15) is 0 Å². The van der Waals surface area contributed by atoms with E-state index in [0.29, 0.717) is 13.2 Å². The molecule has 0 aliphatic carbocycles. The van der Waals surface area contributed by atoms with Gasteiger partial charge in [-0.05, 0) is 25.5 Å². The van der Waals surface area contributed by atoms with Crippen LogP contribution in [0.1, 0.15) is 11.1 Å². The van der Waals surface area contributed by atoms with Gasteiger partial charge in [-0.2, -0.15) is 0 Å². The maximum atomic E-state index is 8.58. The second kappa shape index (κ2) is 6.51. The summed E-state index contributed by atoms with van der Waals surface area (Å²) < 4.78 is 5.25. The Labute approximate surface area is 97.7 Å². The van der Waals surface area contributed by atoms with E-state index in [1.54, 1.807) is 0 Å². The molecule has 90 valence electrons. The SMILES string of the molecule is Cc1ccc(N(C)CCOCCO)c(C)c1. The third-order valence-corrected chi connectivity index (χ3v) is 2.57. The van der Waals surface area contributed by atoms with Crippen LogP contribution in [0, 0.1) is 13.8 Å². The summed E-state index contributed by atoms with van der Waals surface area (Å²) in [6.07, 6.45) is 0. The summed E-state index contributed by atoms with van der Waals surface area (Å²) in [4.78, 5) is 2.17. The molecule has 0 atom stereocenters. The lowest BCUT2D eigenvalue weighted by Gasteiger charge is -2.21. The molecule has 1 aromatic rings. The highest BCUT2D eigenvalue weighted by Gasteiger charge is 2.03. The highest BCUT2D eigenvalue weighted by atomic mass is 16.5. The highest BCUT2D eigenvalue weighted by molar-refractivity contribution is 5.53. The zero-order valence-corrected chi connectivity index (χ0v) is 10.4. The number of hydrogen-bond donors (Lipinski definition) is 1. The van der Waals surface area contributed by atoms with Gasteiger partial charge in [0.05, 0.1) is 19.8 Å². The number of benzene rings is 1. The van der Waals surface area contributed by atoms with Crippen LogP contribution in [-0.4, -0.2) is 38.5 Å². The summed E-state index contributed by atoms with van der Waals surface area (Å²) in [6, 6.07) is 6.44. The first-order valence-corrected chi connectivity index (χ1v) is 5.62. The molecular formula is C13H21NO2. The maximum Gasteiger partial charge on any atom is 0.0698 e. The fraction of sp³-hybridized carbons (Fsp3) is 0.538. The molecule has 3 heteroatoms. The van der Waals surface area contributed by atoms with Crippen molar-refractivity contribution in [2.24, 2.45) is 0 Å². The lowest BCUT2D eigenvalue weighted by Crippen LogP contribution is -2.23. The number of aliphatic hydroxyl groups is 1. The molecule has 0 aliphatic heterocycles. The molecule has 0 saturated carbocycles. The number of likely N-dealkylation sites (N-methyl/N-ethyl adjacent to an activating group) is 1. The Morgan fingerprint density at radius 3 is 2.62 bits per heavy atom. The number of ether oxygens (including phenoxy) is 1. The minimum absolute atomic E-state index is 0.0905. The summed E-state index contributed by atoms with van der Waals surface area (Å²) in [7, 11) is 2.06. The summed E-state index contributed by atoms with van der Waals surface area (Å²) >= 11 is 0. The van der Waals surface area contributed by atoms with E-state index in [4.69, 9.17) is 9.84 Å². The van der Waals surface area contributed by atoms with E-state index in [-0.39, 0.29) is 6.61 Å². The Morgan fingerprint density at radius 2 is 2.00 bits per heavy atom. The molecule has 1 aromatic carbocycles. The van der Waals surface area contributed by atoms with Crippen molar-refractivity contribution in [2.75, 3.05) is 38.3 Å². The lowest BCUT2D eigenvalue weighted by molar-refractivity contribution is 0.0971. The van der Waals surface area contributed by atoms with Gasteiger partial charge in [-0.15, -0.1) is 0 Å². The second-order valence-corrected chi connectivity index (χ2v) is 4.05. The van der Waals surface area contributed by atoms with Crippen molar-refractivity contribution in [3.63, 3.8) is 0 Å². The predicted octanol–water partition coefficient (Wildman–Crippen LogP) is 1.75. The quantitative estimate of drug-likeness (QED) is 0.746. The molecule has 0 heterocycles. The molecule has 0 saturated heterocycles. The molecule has 3 nitrogen and oxygen atoms in total. The summed E-state index contributed by atoms with van der Waals surface area (Å²) in [6.45, 7) is 6.21. The molecular weight excluding hydrogens is 202 g/mol. The molecule has 0 fully saturated rings. The number of anilines is 1. The standard InChI is InChI=1S/C13H21NO2/c1-11-4-5-13(12(2)10-11)14(3)6-8-16-9-7-15/h4-5,10,15H,6-9H2,1-3H3. The summed E-state index contributed by atoms with van der Waals surface area (Å²) in [5.74, 6) is 0. The molecule has 1 rings (SSSR count). The van der Waals surface area contributed by atoms with Crippen molar-refractivity contribution < 1.29 is 9.84 Å². The van der Waals surface area contributed by atoms with Crippen molar-refractivity contribution in [1.82, 2.24) is 0 Å². The van der Waals surface area contributed by atoms with Crippen LogP contribution in [0.2, 0.25) is 0 Å². The first-order chi connectivity index (χ1) is 7.65. The number of aliphatic hydroxyl groups excluding tert-OH is 1. The minimum Gasteiger partial charge on any atom is -0.394 e. The van der Waals surface area contributed by atoms with Gasteiger partial charge in [0.2, 0.25) is 0 Å². The number of aryl methyl sites for hydroxylation is 2. The zero-order valence-electron chi connectivity index (χ0n) is 10.4. The van der Waals surface area contributed by atoms with Crippen molar-refractivity contribution in [3.8, 4) is 0 Å². The monoisotopic (exact) mass is 223 g/mol. The summed E-state index contributed by atoms with van der Waals surface area (Å²) in [5.41, 5.74) is 3.80. The van der Waals surface area contributed by atoms with Gasteiger partial charge < -0.3 is 14.7 Å². The number of rotatable bonds is 6. The van der Waals surface area contributed by atoms with E-state index in [1.807, 2.05) is 0 Å². The van der Waals surface area contributed by atoms with Crippen LogP contribution < -0.4 is 4.90 Å². The summed E-state index contributed by atoms with van der Waals surface area (Å²) in [5, 5.41) is 8.58. The fourth-order valence-electron chi connectivity index (χ4n) is 1.72. The van der Waals surface area contributed by atoms with E-state index in [1.165, 1.54) is 16.8 Å². The van der Waals surface area contributed by atoms with Gasteiger partial charge in [0.15, 0.2) is 0 Å². The first kappa shape index (κ1) is 13.0. The van der Waals surface area contributed by atoms with Crippen LogP contribution in [0.4, 0.5) is 5.69 Å². The van der Waals surface area contributed by atoms with Gasteiger partial charge in [-0.1, -0.05) is 17.7 Å². The van der Waals surface area contributed by atoms with E-state index >= 15 is 0 Å². The normalized spacial score (nSPS) is 10.5. The van der Waals surface area contributed by atoms with Gasteiger partial charge in [0.25, 0.3) is 0 Å². The highest BCUT2D eigenvalue weighted by Crippen LogP contribution is 2.19. The Kier molecular flexibility index (Phi) is 5.29. The van der Waals surface area contributed by atoms with Crippen molar-refractivity contribution in [1.29, 1.82) is 0 Å². The van der Waals surface area contributed by atoms with E-state index in [2.05, 4.69) is 44.0 Å². The lowest BCUT2D eigenvalue weighted by atomic mass is 10.1. The van der Waals surface area contributed by atoms with Gasteiger partial charge in [0, 0.05) is 19.3 Å². The van der Waals surface area contributed by atoms with Gasteiger partial charge in [-0.25, -0.2) is 0 Å². The molecule has 0 aromatic heterocycles. The van der Waals surface area contributed by atoms with Gasteiger partial charge in [-0.3, -0.25) is 0 Å². The molecule has 1 N–H and O–H groups in total. The zero-order chi connectivity index (χ0) is 12.0. The van der Waals surface area contributed by atoms with Crippen LogP contribution in [0.25, 0.3) is 0 Å². The van der Waals surface area contributed by atoms with E-state index in [0.717, 1.165) is 6.54 Å². The average Bonchev–Trinajstić information content (AvgIpc) is 2.24. The van der Waals surface area contributed by atoms with Crippen molar-refractivity contribution in [3.05, 3.63) is 29.3 Å². The first-order valence-electron chi connectivity index (χ1n) is 5.62. The molecule has 0 radical (unpaired) electrons. The van der Waals surface area contributed by atoms with Crippen molar-refractivity contribution >= 4 is 5.69 Å². The topological polar surface area (TPSA) is 32.7 Å². The molecule has 0 amide bonds. The molecule has 0 bridgehead atoms. The van der Waals surface area contributed by atoms with Crippen LogP contribution >= 0.6 is 0 Å². The van der Waals surface area contributed by atoms with Crippen LogP contribution in [0.5, 0.6) is 0 Å². The largest absolute Gasteiger partial charge is 0.394 e. The maximum absolute atomic E-state index is 8.58.